The van der Waals surface area contributed by atoms with Gasteiger partial charge in [0.1, 0.15) is 0 Å². The summed E-state index contributed by atoms with van der Waals surface area (Å²) in [5.74, 6) is -0.124. The van der Waals surface area contributed by atoms with Gasteiger partial charge >= 0.3 is 17.8 Å². The summed E-state index contributed by atoms with van der Waals surface area (Å²) in [4.78, 5) is 7.39. The number of hydrogen-bond donors (Lipinski definition) is 3. The summed E-state index contributed by atoms with van der Waals surface area (Å²) in [7, 11) is 0. The predicted octanol–water partition coefficient (Wildman–Crippen LogP) is -0.904. The maximum atomic E-state index is 10.9. The maximum absolute atomic E-state index is 10.9. The van der Waals surface area contributed by atoms with Crippen LogP contribution in [0.15, 0.2) is 0 Å². The highest BCUT2D eigenvalue weighted by molar-refractivity contribution is 5.31. The maximum Gasteiger partial charge on any atom is 0.321 e. The van der Waals surface area contributed by atoms with E-state index in [1.54, 1.807) is 0 Å². The lowest BCUT2D eigenvalue weighted by atomic mass is 10.5. The molecule has 0 saturated carbocycles. The molecule has 0 fully saturated rings. The summed E-state index contributed by atoms with van der Waals surface area (Å²) in [6.07, 6.45) is 0.926. The smallest absolute Gasteiger partial charge is 0.321 e. The molecule has 7 nitrogen and oxygen atoms in total. The van der Waals surface area contributed by atoms with E-state index in [1.807, 2.05) is 6.92 Å². The molecule has 0 aliphatic carbocycles. The molecular weight excluding hydrogens is 172 g/mol. The number of nitrogens with zero attached hydrogens (tertiary/aromatic N) is 3. The van der Waals surface area contributed by atoms with Crippen molar-refractivity contribution in [2.75, 3.05) is 23.3 Å². The van der Waals surface area contributed by atoms with Gasteiger partial charge in [-0.15, -0.1) is 0 Å². The van der Waals surface area contributed by atoms with Crippen molar-refractivity contribution in [3.8, 4) is 0 Å². The molecule has 0 radical (unpaired) electrons. The van der Waals surface area contributed by atoms with Gasteiger partial charge in [-0.2, -0.15) is 0 Å². The Morgan fingerprint density at radius 1 is 1.38 bits per heavy atom. The standard InChI is InChI=1S/C6H12N6O/c1-2-3-9-6-10-4(7)12(13)5(8)11-6/h2-3H2,1H3,(H5,7,8,9,10,11). The minimum atomic E-state index is -0.203. The molecule has 5 N–H and O–H groups in total. The lowest BCUT2D eigenvalue weighted by Crippen LogP contribution is -2.37. The summed E-state index contributed by atoms with van der Waals surface area (Å²) in [5.41, 5.74) is 10.5. The average Bonchev–Trinajstić information content (AvgIpc) is 2.10. The molecule has 1 heterocycles. The molecule has 0 spiro atoms. The summed E-state index contributed by atoms with van der Waals surface area (Å²) < 4.78 is 0.275. The Kier molecular flexibility index (Phi) is 2.68. The van der Waals surface area contributed by atoms with Crippen molar-refractivity contribution >= 4 is 17.8 Å². The number of nitrogens with two attached hydrogens (primary N) is 2. The highest BCUT2D eigenvalue weighted by Gasteiger charge is 2.08. The lowest BCUT2D eigenvalue weighted by molar-refractivity contribution is -0.579. The molecule has 0 bridgehead atoms. The quantitative estimate of drug-likeness (QED) is 0.414. The first-order valence-corrected chi connectivity index (χ1v) is 3.91. The van der Waals surface area contributed by atoms with E-state index in [0.717, 1.165) is 6.42 Å². The second kappa shape index (κ2) is 3.74. The molecule has 0 atom stereocenters. The van der Waals surface area contributed by atoms with Gasteiger partial charge in [0.25, 0.3) is 0 Å². The van der Waals surface area contributed by atoms with E-state index in [2.05, 4.69) is 15.3 Å². The van der Waals surface area contributed by atoms with Gasteiger partial charge < -0.3 is 22.0 Å². The Hall–Kier alpha value is -1.79. The minimum Gasteiger partial charge on any atom is -0.762 e. The SMILES string of the molecule is CCCNc1nc(N)[n+]([O-])c(N)n1. The Morgan fingerprint density at radius 3 is 2.38 bits per heavy atom. The Morgan fingerprint density at radius 2 is 1.92 bits per heavy atom. The molecule has 0 aliphatic rings. The molecule has 1 aromatic heterocycles. The second-order valence-electron chi connectivity index (χ2n) is 2.48. The molecule has 13 heavy (non-hydrogen) atoms. The van der Waals surface area contributed by atoms with E-state index >= 15 is 0 Å². The van der Waals surface area contributed by atoms with Crippen LogP contribution in [0.1, 0.15) is 13.3 Å². The van der Waals surface area contributed by atoms with Crippen molar-refractivity contribution in [3.05, 3.63) is 5.21 Å². The van der Waals surface area contributed by atoms with Gasteiger partial charge in [-0.05, 0) is 6.42 Å². The van der Waals surface area contributed by atoms with Crippen molar-refractivity contribution in [1.82, 2.24) is 9.97 Å². The van der Waals surface area contributed by atoms with E-state index in [0.29, 0.717) is 6.54 Å². The van der Waals surface area contributed by atoms with Gasteiger partial charge in [0.2, 0.25) is 0 Å². The van der Waals surface area contributed by atoms with Gasteiger partial charge in [-0.25, -0.2) is 4.73 Å². The molecule has 0 aromatic carbocycles. The molecule has 0 aliphatic heterocycles. The molecule has 1 aromatic rings. The fraction of sp³-hybridized carbons (Fsp3) is 0.500. The number of anilines is 3. The summed E-state index contributed by atoms with van der Waals surface area (Å²) in [5, 5.41) is 13.8. The van der Waals surface area contributed by atoms with Gasteiger partial charge in [0, 0.05) is 6.54 Å². The van der Waals surface area contributed by atoms with Crippen LogP contribution in [0.4, 0.5) is 17.8 Å². The van der Waals surface area contributed by atoms with Gasteiger partial charge in [-0.3, -0.25) is 0 Å². The van der Waals surface area contributed by atoms with Crippen LogP contribution >= 0.6 is 0 Å². The molecule has 72 valence electrons. The molecule has 7 heteroatoms. The van der Waals surface area contributed by atoms with Crippen LogP contribution in [0.3, 0.4) is 0 Å². The molecule has 1 rings (SSSR count). The zero-order valence-electron chi connectivity index (χ0n) is 7.32. The van der Waals surface area contributed by atoms with Crippen molar-refractivity contribution in [2.24, 2.45) is 0 Å². The van der Waals surface area contributed by atoms with Gasteiger partial charge in [0.15, 0.2) is 0 Å². The average molecular weight is 184 g/mol. The lowest BCUT2D eigenvalue weighted by Gasteiger charge is -2.08. The van der Waals surface area contributed by atoms with E-state index in [1.165, 1.54) is 0 Å². The van der Waals surface area contributed by atoms with Crippen LogP contribution in [-0.2, 0) is 0 Å². The first-order valence-electron chi connectivity index (χ1n) is 3.91. The highest BCUT2D eigenvalue weighted by Crippen LogP contribution is 2.00. The largest absolute Gasteiger partial charge is 0.762 e. The van der Waals surface area contributed by atoms with Crippen LogP contribution in [0, 0.1) is 5.21 Å². The van der Waals surface area contributed by atoms with Crippen molar-refractivity contribution in [2.45, 2.75) is 13.3 Å². The van der Waals surface area contributed by atoms with Crippen molar-refractivity contribution in [1.29, 1.82) is 0 Å². The Bertz CT molecular complexity index is 278. The van der Waals surface area contributed by atoms with Crippen molar-refractivity contribution in [3.63, 3.8) is 0 Å². The van der Waals surface area contributed by atoms with Gasteiger partial charge in [0.05, 0.1) is 0 Å². The summed E-state index contributed by atoms with van der Waals surface area (Å²) in [6.45, 7) is 2.71. The molecule has 0 unspecified atom stereocenters. The molecule has 0 saturated heterocycles. The number of aromatic nitrogens is 3. The monoisotopic (exact) mass is 184 g/mol. The van der Waals surface area contributed by atoms with Gasteiger partial charge in [-0.1, -0.05) is 16.9 Å². The topological polar surface area (TPSA) is 117 Å². The third-order valence-corrected chi connectivity index (χ3v) is 1.39. The predicted molar refractivity (Wildman–Crippen MR) is 48.6 cm³/mol. The van der Waals surface area contributed by atoms with Crippen LogP contribution in [0.2, 0.25) is 0 Å². The van der Waals surface area contributed by atoms with E-state index < -0.39 is 0 Å². The number of nitrogens with one attached hydrogen (secondary N) is 1. The van der Waals surface area contributed by atoms with Crippen molar-refractivity contribution < 1.29 is 4.73 Å². The molecular formula is C6H12N6O. The first kappa shape index (κ1) is 9.30. The highest BCUT2D eigenvalue weighted by atomic mass is 16.5. The zero-order chi connectivity index (χ0) is 9.84. The minimum absolute atomic E-state index is 0.203. The van der Waals surface area contributed by atoms with E-state index in [4.69, 9.17) is 11.5 Å². The number of nitrogen functional groups attached to an aromatic ring is 2. The fourth-order valence-electron chi connectivity index (χ4n) is 0.766. The third kappa shape index (κ3) is 2.08. The molecule has 0 amide bonds. The van der Waals surface area contributed by atoms with Crippen LogP contribution in [-0.4, -0.2) is 16.5 Å². The normalized spacial score (nSPS) is 9.92. The fourth-order valence-corrected chi connectivity index (χ4v) is 0.766. The third-order valence-electron chi connectivity index (χ3n) is 1.39. The summed E-state index contributed by atoms with van der Waals surface area (Å²) in [6, 6.07) is 0. The first-order chi connectivity index (χ1) is 6.15. The van der Waals surface area contributed by atoms with Crippen LogP contribution in [0.5, 0.6) is 0 Å². The van der Waals surface area contributed by atoms with E-state index in [-0.39, 0.29) is 22.6 Å². The Balaban J connectivity index is 2.86. The summed E-state index contributed by atoms with van der Waals surface area (Å²) >= 11 is 0. The number of hydrogen-bond acceptors (Lipinski definition) is 6. The van der Waals surface area contributed by atoms with Crippen LogP contribution in [0.25, 0.3) is 0 Å². The zero-order valence-corrected chi connectivity index (χ0v) is 7.32. The van der Waals surface area contributed by atoms with E-state index in [9.17, 15) is 5.21 Å². The number of rotatable bonds is 3. The second-order valence-corrected chi connectivity index (χ2v) is 2.48. The Labute approximate surface area is 75.4 Å². The van der Waals surface area contributed by atoms with Crippen LogP contribution < -0.4 is 21.5 Å².